The van der Waals surface area contributed by atoms with Crippen LogP contribution in [0.3, 0.4) is 0 Å². The predicted molar refractivity (Wildman–Crippen MR) is 81.2 cm³/mol. The summed E-state index contributed by atoms with van der Waals surface area (Å²) in [6.45, 7) is 0. The smallest absolute Gasteiger partial charge is 0.116 e. The van der Waals surface area contributed by atoms with Gasteiger partial charge in [0.05, 0.1) is 5.69 Å². The standard InChI is InChI=1S/C14H14N2O.2ClH/c15-13-7-12(13)10-4-5-14(16-8-10)9-2-1-3-11(17)6-9;;/h1-6,8,12-13,17H,7,15H2;2*1H/t12-,13+;;/m0../s1. The molecule has 1 aliphatic rings. The van der Waals surface area contributed by atoms with Crippen molar-refractivity contribution in [2.45, 2.75) is 18.4 Å². The summed E-state index contributed by atoms with van der Waals surface area (Å²) in [4.78, 5) is 4.42. The van der Waals surface area contributed by atoms with Gasteiger partial charge in [-0.25, -0.2) is 0 Å². The lowest BCUT2D eigenvalue weighted by Crippen LogP contribution is -2.01. The van der Waals surface area contributed by atoms with Crippen molar-refractivity contribution in [1.29, 1.82) is 0 Å². The summed E-state index contributed by atoms with van der Waals surface area (Å²) in [5, 5.41) is 9.42. The molecule has 0 radical (unpaired) electrons. The summed E-state index contributed by atoms with van der Waals surface area (Å²) >= 11 is 0. The van der Waals surface area contributed by atoms with Crippen molar-refractivity contribution in [3.8, 4) is 17.0 Å². The lowest BCUT2D eigenvalue weighted by molar-refractivity contribution is 0.475. The van der Waals surface area contributed by atoms with E-state index in [-0.39, 0.29) is 30.6 Å². The molecule has 1 aromatic carbocycles. The zero-order valence-corrected chi connectivity index (χ0v) is 11.8. The second kappa shape index (κ2) is 6.24. The van der Waals surface area contributed by atoms with Gasteiger partial charge in [0.2, 0.25) is 0 Å². The number of halogens is 2. The van der Waals surface area contributed by atoms with Crippen molar-refractivity contribution in [2.75, 3.05) is 0 Å². The number of phenols is 1. The molecule has 0 amide bonds. The van der Waals surface area contributed by atoms with Crippen LogP contribution in [-0.4, -0.2) is 16.1 Å². The van der Waals surface area contributed by atoms with Crippen molar-refractivity contribution < 1.29 is 5.11 Å². The Hall–Kier alpha value is -1.29. The van der Waals surface area contributed by atoms with Crippen LogP contribution in [0.5, 0.6) is 5.75 Å². The van der Waals surface area contributed by atoms with E-state index < -0.39 is 0 Å². The van der Waals surface area contributed by atoms with Gasteiger partial charge < -0.3 is 10.8 Å². The van der Waals surface area contributed by atoms with E-state index in [9.17, 15) is 5.11 Å². The van der Waals surface area contributed by atoms with Crippen LogP contribution < -0.4 is 5.73 Å². The van der Waals surface area contributed by atoms with Gasteiger partial charge in [-0.3, -0.25) is 4.98 Å². The summed E-state index contributed by atoms with van der Waals surface area (Å²) in [5.74, 6) is 0.748. The molecule has 0 bridgehead atoms. The molecule has 0 aliphatic heterocycles. The monoisotopic (exact) mass is 298 g/mol. The summed E-state index contributed by atoms with van der Waals surface area (Å²) in [5.41, 5.74) is 8.82. The highest BCUT2D eigenvalue weighted by atomic mass is 35.5. The summed E-state index contributed by atoms with van der Waals surface area (Å²) in [6.07, 6.45) is 2.95. The number of rotatable bonds is 2. The second-order valence-electron chi connectivity index (χ2n) is 4.53. The Labute approximate surface area is 124 Å². The Morgan fingerprint density at radius 2 is 1.89 bits per heavy atom. The van der Waals surface area contributed by atoms with Gasteiger partial charge in [-0.2, -0.15) is 0 Å². The minimum Gasteiger partial charge on any atom is -0.508 e. The van der Waals surface area contributed by atoms with Gasteiger partial charge in [-0.15, -0.1) is 24.8 Å². The highest BCUT2D eigenvalue weighted by Crippen LogP contribution is 2.38. The van der Waals surface area contributed by atoms with Gasteiger partial charge >= 0.3 is 0 Å². The van der Waals surface area contributed by atoms with Crippen LogP contribution in [0.2, 0.25) is 0 Å². The predicted octanol–water partition coefficient (Wildman–Crippen LogP) is 3.11. The fourth-order valence-corrected chi connectivity index (χ4v) is 2.06. The Kier molecular flexibility index (Phi) is 5.18. The Morgan fingerprint density at radius 3 is 2.42 bits per heavy atom. The molecule has 0 saturated heterocycles. The third-order valence-corrected chi connectivity index (χ3v) is 3.20. The number of nitrogens with two attached hydrogens (primary N) is 1. The topological polar surface area (TPSA) is 59.1 Å². The normalized spacial score (nSPS) is 20.1. The fourth-order valence-electron chi connectivity index (χ4n) is 2.06. The molecule has 1 fully saturated rings. The van der Waals surface area contributed by atoms with E-state index in [4.69, 9.17) is 5.73 Å². The van der Waals surface area contributed by atoms with Crippen LogP contribution in [0, 0.1) is 0 Å². The first kappa shape index (κ1) is 15.8. The van der Waals surface area contributed by atoms with Crippen molar-refractivity contribution in [3.63, 3.8) is 0 Å². The van der Waals surface area contributed by atoms with E-state index in [1.807, 2.05) is 24.4 Å². The van der Waals surface area contributed by atoms with Gasteiger partial charge in [0.25, 0.3) is 0 Å². The first-order valence-corrected chi connectivity index (χ1v) is 5.75. The molecule has 1 aliphatic carbocycles. The molecule has 0 spiro atoms. The maximum atomic E-state index is 9.42. The molecular weight excluding hydrogens is 283 g/mol. The molecule has 1 aromatic heterocycles. The van der Waals surface area contributed by atoms with Crippen LogP contribution in [0.25, 0.3) is 11.3 Å². The van der Waals surface area contributed by atoms with Crippen molar-refractivity contribution >= 4 is 24.8 Å². The molecule has 2 aromatic rings. The minimum atomic E-state index is 0. The maximum absolute atomic E-state index is 9.42. The van der Waals surface area contributed by atoms with Crippen LogP contribution in [-0.2, 0) is 0 Å². The number of phenolic OH excluding ortho intramolecular Hbond substituents is 1. The molecular formula is C14H16Cl2N2O. The molecule has 19 heavy (non-hydrogen) atoms. The van der Waals surface area contributed by atoms with Gasteiger partial charge in [-0.05, 0) is 30.2 Å². The number of hydrogen-bond acceptors (Lipinski definition) is 3. The largest absolute Gasteiger partial charge is 0.508 e. The summed E-state index contributed by atoms with van der Waals surface area (Å²) in [7, 11) is 0. The van der Waals surface area contributed by atoms with E-state index in [0.29, 0.717) is 12.0 Å². The van der Waals surface area contributed by atoms with Gasteiger partial charge in [0.1, 0.15) is 5.75 Å². The number of benzene rings is 1. The van der Waals surface area contributed by atoms with Crippen LogP contribution >= 0.6 is 24.8 Å². The Balaban J connectivity index is 0.000000902. The molecule has 2 atom stereocenters. The molecule has 3 nitrogen and oxygen atoms in total. The molecule has 1 saturated carbocycles. The Bertz CT molecular complexity index is 545. The molecule has 3 N–H and O–H groups in total. The highest BCUT2D eigenvalue weighted by molar-refractivity contribution is 5.85. The first-order chi connectivity index (χ1) is 8.24. The average Bonchev–Trinajstić information content (AvgIpc) is 3.07. The van der Waals surface area contributed by atoms with Crippen molar-refractivity contribution in [1.82, 2.24) is 4.98 Å². The number of hydrogen-bond donors (Lipinski definition) is 2. The van der Waals surface area contributed by atoms with E-state index >= 15 is 0 Å². The number of aromatic nitrogens is 1. The molecule has 1 heterocycles. The zero-order chi connectivity index (χ0) is 11.8. The highest BCUT2D eigenvalue weighted by Gasteiger charge is 2.34. The minimum absolute atomic E-state index is 0. The van der Waals surface area contributed by atoms with E-state index in [1.54, 1.807) is 12.1 Å². The molecule has 102 valence electrons. The van der Waals surface area contributed by atoms with Gasteiger partial charge in [0.15, 0.2) is 0 Å². The molecule has 0 unspecified atom stereocenters. The van der Waals surface area contributed by atoms with Crippen LogP contribution in [0.15, 0.2) is 42.6 Å². The second-order valence-corrected chi connectivity index (χ2v) is 4.53. The van der Waals surface area contributed by atoms with Crippen molar-refractivity contribution in [3.05, 3.63) is 48.2 Å². The van der Waals surface area contributed by atoms with Gasteiger partial charge in [-0.1, -0.05) is 18.2 Å². The first-order valence-electron chi connectivity index (χ1n) is 5.75. The Morgan fingerprint density at radius 1 is 1.16 bits per heavy atom. The quantitative estimate of drug-likeness (QED) is 0.895. The lowest BCUT2D eigenvalue weighted by Gasteiger charge is -2.03. The van der Waals surface area contributed by atoms with Crippen LogP contribution in [0.4, 0.5) is 0 Å². The van der Waals surface area contributed by atoms with Crippen LogP contribution in [0.1, 0.15) is 17.9 Å². The lowest BCUT2D eigenvalue weighted by atomic mass is 10.1. The number of pyridine rings is 1. The summed E-state index contributed by atoms with van der Waals surface area (Å²) in [6, 6.07) is 11.5. The third-order valence-electron chi connectivity index (χ3n) is 3.20. The van der Waals surface area contributed by atoms with E-state index in [1.165, 1.54) is 5.56 Å². The molecule has 3 rings (SSSR count). The van der Waals surface area contributed by atoms with E-state index in [0.717, 1.165) is 17.7 Å². The summed E-state index contributed by atoms with van der Waals surface area (Å²) < 4.78 is 0. The molecule has 5 heteroatoms. The number of aromatic hydroxyl groups is 1. The fraction of sp³-hybridized carbons (Fsp3) is 0.214. The van der Waals surface area contributed by atoms with E-state index in [2.05, 4.69) is 11.1 Å². The maximum Gasteiger partial charge on any atom is 0.116 e. The van der Waals surface area contributed by atoms with Gasteiger partial charge in [0, 0.05) is 23.7 Å². The average molecular weight is 299 g/mol. The zero-order valence-electron chi connectivity index (χ0n) is 10.2. The SMILES string of the molecule is Cl.Cl.N[C@@H]1C[C@H]1c1ccc(-c2cccc(O)c2)nc1. The third kappa shape index (κ3) is 3.38. The number of nitrogens with zero attached hydrogens (tertiary/aromatic N) is 1. The van der Waals surface area contributed by atoms with Crippen molar-refractivity contribution in [2.24, 2.45) is 5.73 Å².